The molecule has 28 heavy (non-hydrogen) atoms. The highest BCUT2D eigenvalue weighted by atomic mass is 35.5. The summed E-state index contributed by atoms with van der Waals surface area (Å²) >= 11 is 0. The van der Waals surface area contributed by atoms with E-state index in [2.05, 4.69) is 29.6 Å². The van der Waals surface area contributed by atoms with Crippen LogP contribution < -0.4 is 10.7 Å². The van der Waals surface area contributed by atoms with Crippen LogP contribution in [0.3, 0.4) is 0 Å². The molecule has 1 N–H and O–H groups in total. The van der Waals surface area contributed by atoms with Gasteiger partial charge in [0, 0.05) is 12.6 Å². The standard InChI is InChI=1S/C22H24N2O3.ClH/c1-14-5-8-16(9-6-14)18(24(3)4)13-23-22(26)21-12-19(25)17-11-15(2)7-10-20(17)27-21;/h5-12,18H,13H2,1-4H3,(H,23,26);1H. The van der Waals surface area contributed by atoms with Gasteiger partial charge in [0.25, 0.3) is 5.91 Å². The van der Waals surface area contributed by atoms with Crippen molar-refractivity contribution in [3.63, 3.8) is 0 Å². The second kappa shape index (κ2) is 9.04. The Morgan fingerprint density at radius 1 is 1.04 bits per heavy atom. The van der Waals surface area contributed by atoms with Crippen LogP contribution in [-0.2, 0) is 0 Å². The lowest BCUT2D eigenvalue weighted by Crippen LogP contribution is -2.34. The molecule has 1 aromatic heterocycles. The Morgan fingerprint density at radius 3 is 2.32 bits per heavy atom. The van der Waals surface area contributed by atoms with Gasteiger partial charge in [0.2, 0.25) is 0 Å². The van der Waals surface area contributed by atoms with Gasteiger partial charge in [-0.1, -0.05) is 41.5 Å². The van der Waals surface area contributed by atoms with E-state index < -0.39 is 5.91 Å². The van der Waals surface area contributed by atoms with E-state index in [9.17, 15) is 9.59 Å². The number of rotatable bonds is 5. The normalized spacial score (nSPS) is 11.9. The summed E-state index contributed by atoms with van der Waals surface area (Å²) in [5, 5.41) is 3.37. The van der Waals surface area contributed by atoms with E-state index in [1.54, 1.807) is 12.1 Å². The number of hydrogen-bond acceptors (Lipinski definition) is 4. The van der Waals surface area contributed by atoms with E-state index in [0.717, 1.165) is 11.1 Å². The van der Waals surface area contributed by atoms with Crippen molar-refractivity contribution in [1.29, 1.82) is 0 Å². The molecule has 1 atom stereocenters. The molecule has 3 rings (SSSR count). The third-order valence-electron chi connectivity index (χ3n) is 4.65. The van der Waals surface area contributed by atoms with Crippen molar-refractivity contribution >= 4 is 29.3 Å². The van der Waals surface area contributed by atoms with Gasteiger partial charge >= 0.3 is 0 Å². The molecule has 1 heterocycles. The number of nitrogens with one attached hydrogen (secondary N) is 1. The van der Waals surface area contributed by atoms with Crippen LogP contribution in [0.25, 0.3) is 11.0 Å². The molecule has 0 aliphatic rings. The number of benzene rings is 2. The van der Waals surface area contributed by atoms with Gasteiger partial charge in [-0.05, 0) is 45.6 Å². The highest BCUT2D eigenvalue weighted by molar-refractivity contribution is 5.93. The van der Waals surface area contributed by atoms with E-state index in [4.69, 9.17) is 4.42 Å². The fourth-order valence-corrected chi connectivity index (χ4v) is 3.05. The smallest absolute Gasteiger partial charge is 0.287 e. The molecule has 0 saturated carbocycles. The molecule has 2 aromatic carbocycles. The second-order valence-electron chi connectivity index (χ2n) is 7.07. The molecule has 1 amide bonds. The molecule has 0 radical (unpaired) electrons. The molecule has 0 aliphatic heterocycles. The number of carbonyl (C=O) groups excluding carboxylic acids is 1. The van der Waals surface area contributed by atoms with E-state index >= 15 is 0 Å². The van der Waals surface area contributed by atoms with Gasteiger partial charge in [0.05, 0.1) is 11.4 Å². The summed E-state index contributed by atoms with van der Waals surface area (Å²) in [4.78, 5) is 26.9. The maximum Gasteiger partial charge on any atom is 0.287 e. The van der Waals surface area contributed by atoms with Gasteiger partial charge in [-0.3, -0.25) is 9.59 Å². The number of nitrogens with zero attached hydrogens (tertiary/aromatic N) is 1. The molecule has 3 aromatic rings. The predicted octanol–water partition coefficient (Wildman–Crippen LogP) is 3.86. The Kier molecular flexibility index (Phi) is 7.00. The lowest BCUT2D eigenvalue weighted by molar-refractivity contribution is 0.0914. The number of fused-ring (bicyclic) bond motifs is 1. The fourth-order valence-electron chi connectivity index (χ4n) is 3.05. The van der Waals surface area contributed by atoms with E-state index in [1.807, 2.05) is 38.9 Å². The van der Waals surface area contributed by atoms with Crippen LogP contribution in [0, 0.1) is 13.8 Å². The molecule has 0 fully saturated rings. The average molecular weight is 401 g/mol. The Hall–Kier alpha value is -2.63. The molecular weight excluding hydrogens is 376 g/mol. The van der Waals surface area contributed by atoms with Gasteiger partial charge in [0.15, 0.2) is 11.2 Å². The quantitative estimate of drug-likeness (QED) is 0.706. The van der Waals surface area contributed by atoms with E-state index in [0.29, 0.717) is 17.5 Å². The number of carbonyl (C=O) groups is 1. The minimum absolute atomic E-state index is 0. The summed E-state index contributed by atoms with van der Waals surface area (Å²) < 4.78 is 5.65. The zero-order chi connectivity index (χ0) is 19.6. The Morgan fingerprint density at radius 2 is 1.68 bits per heavy atom. The van der Waals surface area contributed by atoms with Crippen LogP contribution in [-0.4, -0.2) is 31.4 Å². The Balaban J connectivity index is 0.00000280. The molecule has 0 saturated heterocycles. The van der Waals surface area contributed by atoms with Crippen LogP contribution in [0.4, 0.5) is 0 Å². The first-order valence-corrected chi connectivity index (χ1v) is 8.91. The molecule has 1 unspecified atom stereocenters. The maximum atomic E-state index is 12.6. The molecule has 0 aliphatic carbocycles. The van der Waals surface area contributed by atoms with Gasteiger partial charge in [-0.2, -0.15) is 0 Å². The summed E-state index contributed by atoms with van der Waals surface area (Å²) in [5.41, 5.74) is 3.47. The van der Waals surface area contributed by atoms with Crippen molar-refractivity contribution in [2.24, 2.45) is 0 Å². The number of amides is 1. The first-order valence-electron chi connectivity index (χ1n) is 8.91. The van der Waals surface area contributed by atoms with Crippen molar-refractivity contribution in [2.75, 3.05) is 20.6 Å². The highest BCUT2D eigenvalue weighted by Gasteiger charge is 2.18. The van der Waals surface area contributed by atoms with Gasteiger partial charge in [0.1, 0.15) is 5.58 Å². The van der Waals surface area contributed by atoms with Crippen molar-refractivity contribution < 1.29 is 9.21 Å². The number of likely N-dealkylation sites (N-methyl/N-ethyl adjacent to an activating group) is 1. The molecule has 0 spiro atoms. The second-order valence-corrected chi connectivity index (χ2v) is 7.07. The SMILES string of the molecule is Cc1ccc(C(CNC(=O)c2cc(=O)c3cc(C)ccc3o2)N(C)C)cc1.Cl. The maximum absolute atomic E-state index is 12.6. The topological polar surface area (TPSA) is 62.6 Å². The van der Waals surface area contributed by atoms with Crippen LogP contribution in [0.15, 0.2) is 57.7 Å². The Labute approximate surface area is 170 Å². The largest absolute Gasteiger partial charge is 0.451 e. The number of hydrogen-bond donors (Lipinski definition) is 1. The van der Waals surface area contributed by atoms with E-state index in [1.165, 1.54) is 11.6 Å². The van der Waals surface area contributed by atoms with Crippen LogP contribution in [0.1, 0.15) is 33.3 Å². The van der Waals surface area contributed by atoms with Crippen LogP contribution in [0.5, 0.6) is 0 Å². The summed E-state index contributed by atoms with van der Waals surface area (Å²) in [5.74, 6) is -0.369. The third kappa shape index (κ3) is 4.80. The summed E-state index contributed by atoms with van der Waals surface area (Å²) in [6.45, 7) is 4.36. The van der Waals surface area contributed by atoms with Crippen molar-refractivity contribution in [1.82, 2.24) is 10.2 Å². The first-order chi connectivity index (χ1) is 12.8. The lowest BCUT2D eigenvalue weighted by Gasteiger charge is -2.25. The Bertz CT molecular complexity index is 1030. The van der Waals surface area contributed by atoms with Gasteiger partial charge < -0.3 is 14.6 Å². The number of halogens is 1. The van der Waals surface area contributed by atoms with Gasteiger partial charge in [-0.15, -0.1) is 12.4 Å². The molecule has 0 bridgehead atoms. The van der Waals surface area contributed by atoms with Crippen LogP contribution in [0.2, 0.25) is 0 Å². The van der Waals surface area contributed by atoms with Crippen molar-refractivity contribution in [3.8, 4) is 0 Å². The molecular formula is C22H25ClN2O3. The van der Waals surface area contributed by atoms with Crippen molar-refractivity contribution in [2.45, 2.75) is 19.9 Å². The lowest BCUT2D eigenvalue weighted by atomic mass is 10.0. The number of aryl methyl sites for hydroxylation is 2. The minimum atomic E-state index is -0.395. The zero-order valence-electron chi connectivity index (χ0n) is 16.5. The van der Waals surface area contributed by atoms with Gasteiger partial charge in [-0.25, -0.2) is 0 Å². The van der Waals surface area contributed by atoms with Crippen molar-refractivity contribution in [3.05, 3.63) is 81.2 Å². The molecule has 6 heteroatoms. The average Bonchev–Trinajstić information content (AvgIpc) is 2.63. The van der Waals surface area contributed by atoms with E-state index in [-0.39, 0.29) is 29.6 Å². The minimum Gasteiger partial charge on any atom is -0.451 e. The fraction of sp³-hybridized carbons (Fsp3) is 0.273. The third-order valence-corrected chi connectivity index (χ3v) is 4.65. The molecule has 5 nitrogen and oxygen atoms in total. The zero-order valence-corrected chi connectivity index (χ0v) is 17.3. The predicted molar refractivity (Wildman–Crippen MR) is 114 cm³/mol. The molecule has 148 valence electrons. The monoisotopic (exact) mass is 400 g/mol. The summed E-state index contributed by atoms with van der Waals surface area (Å²) in [6, 6.07) is 14.8. The first kappa shape index (κ1) is 21.7. The van der Waals surface area contributed by atoms with Crippen LogP contribution >= 0.6 is 12.4 Å². The summed E-state index contributed by atoms with van der Waals surface area (Å²) in [6.07, 6.45) is 0. The summed E-state index contributed by atoms with van der Waals surface area (Å²) in [7, 11) is 3.93. The highest BCUT2D eigenvalue weighted by Crippen LogP contribution is 2.19.